The molecule has 0 saturated heterocycles. The van der Waals surface area contributed by atoms with Crippen LogP contribution in [0.3, 0.4) is 0 Å². The number of carbonyl (C=O) groups excluding carboxylic acids is 3. The molecule has 0 bridgehead atoms. The lowest BCUT2D eigenvalue weighted by molar-refractivity contribution is -0.125. The third-order valence-electron chi connectivity index (χ3n) is 2.77. The molecule has 1 N–H and O–H groups in total. The first-order valence-electron chi connectivity index (χ1n) is 7.16. The van der Waals surface area contributed by atoms with Gasteiger partial charge in [-0.25, -0.2) is 4.79 Å². The van der Waals surface area contributed by atoms with Crippen LogP contribution < -0.4 is 5.32 Å². The highest BCUT2D eigenvalue weighted by atomic mass is 16.6. The maximum atomic E-state index is 11.9. The summed E-state index contributed by atoms with van der Waals surface area (Å²) in [5.74, 6) is -0.619. The third kappa shape index (κ3) is 6.78. The molecule has 2 amide bonds. The second-order valence-electron chi connectivity index (χ2n) is 6.01. The molecule has 0 heterocycles. The molecule has 0 saturated carbocycles. The van der Waals surface area contributed by atoms with Gasteiger partial charge in [0.15, 0.2) is 0 Å². The number of nitrogens with one attached hydrogen (secondary N) is 1. The highest BCUT2D eigenvalue weighted by Crippen LogP contribution is 2.13. The molecule has 0 aromatic heterocycles. The van der Waals surface area contributed by atoms with Crippen LogP contribution in [0, 0.1) is 0 Å². The van der Waals surface area contributed by atoms with E-state index in [4.69, 9.17) is 4.74 Å². The molecule has 0 aliphatic rings. The second-order valence-corrected chi connectivity index (χ2v) is 6.01. The number of hydrogen-bond donors (Lipinski definition) is 1. The summed E-state index contributed by atoms with van der Waals surface area (Å²) in [5, 5.41) is 2.28. The Labute approximate surface area is 136 Å². The number of likely N-dealkylation sites (N-methyl/N-ethyl adjacent to an activating group) is 1. The zero-order valence-electron chi connectivity index (χ0n) is 13.8. The molecule has 6 heteroatoms. The Morgan fingerprint density at radius 1 is 1.22 bits per heavy atom. The summed E-state index contributed by atoms with van der Waals surface area (Å²) in [4.78, 5) is 35.3. The van der Waals surface area contributed by atoms with Gasteiger partial charge in [-0.3, -0.25) is 9.59 Å². The molecule has 0 aliphatic carbocycles. The van der Waals surface area contributed by atoms with Crippen LogP contribution in [0.2, 0.25) is 0 Å². The Morgan fingerprint density at radius 2 is 1.83 bits per heavy atom. The van der Waals surface area contributed by atoms with Crippen molar-refractivity contribution in [2.24, 2.45) is 0 Å². The summed E-state index contributed by atoms with van der Waals surface area (Å²) in [7, 11) is 1.65. The standard InChI is InChI=1S/C17H22N2O4/c1-17(2,3)23-16(22)14-7-5-13(6-8-14)11-19(4)15(21)9-10-18-12-20/h5-10,12H,11H2,1-4H3,(H,18,20)/b10-9-. The molecule has 6 nitrogen and oxygen atoms in total. The predicted molar refractivity (Wildman–Crippen MR) is 86.4 cm³/mol. The number of benzene rings is 1. The molecule has 0 aliphatic heterocycles. The van der Waals surface area contributed by atoms with Gasteiger partial charge in [-0.2, -0.15) is 0 Å². The molecule has 1 aromatic carbocycles. The van der Waals surface area contributed by atoms with Crippen molar-refractivity contribution in [3.05, 3.63) is 47.7 Å². The van der Waals surface area contributed by atoms with Gasteiger partial charge >= 0.3 is 5.97 Å². The zero-order valence-corrected chi connectivity index (χ0v) is 13.8. The molecule has 0 fully saturated rings. The van der Waals surface area contributed by atoms with Crippen molar-refractivity contribution in [1.82, 2.24) is 10.2 Å². The zero-order chi connectivity index (χ0) is 17.5. The quantitative estimate of drug-likeness (QED) is 0.493. The van der Waals surface area contributed by atoms with E-state index in [2.05, 4.69) is 5.32 Å². The van der Waals surface area contributed by atoms with Crippen LogP contribution in [0.15, 0.2) is 36.5 Å². The molecular weight excluding hydrogens is 296 g/mol. The lowest BCUT2D eigenvalue weighted by atomic mass is 10.1. The molecule has 0 unspecified atom stereocenters. The minimum absolute atomic E-state index is 0.240. The average molecular weight is 318 g/mol. The molecular formula is C17H22N2O4. The second kappa shape index (κ2) is 8.12. The van der Waals surface area contributed by atoms with Crippen LogP contribution in [0.25, 0.3) is 0 Å². The number of nitrogens with zero attached hydrogens (tertiary/aromatic N) is 1. The number of rotatable bonds is 6. The fourth-order valence-corrected chi connectivity index (χ4v) is 1.72. The third-order valence-corrected chi connectivity index (χ3v) is 2.77. The number of carbonyl (C=O) groups is 3. The summed E-state index contributed by atoms with van der Waals surface area (Å²) in [6, 6.07) is 6.89. The van der Waals surface area contributed by atoms with E-state index < -0.39 is 5.60 Å². The van der Waals surface area contributed by atoms with E-state index in [9.17, 15) is 14.4 Å². The van der Waals surface area contributed by atoms with Gasteiger partial charge in [0.1, 0.15) is 5.60 Å². The van der Waals surface area contributed by atoms with Crippen LogP contribution in [0.1, 0.15) is 36.7 Å². The van der Waals surface area contributed by atoms with Gasteiger partial charge in [0.25, 0.3) is 0 Å². The summed E-state index contributed by atoms with van der Waals surface area (Å²) < 4.78 is 5.29. The van der Waals surface area contributed by atoms with E-state index in [-0.39, 0.29) is 11.9 Å². The van der Waals surface area contributed by atoms with E-state index in [1.165, 1.54) is 17.2 Å². The average Bonchev–Trinajstić information content (AvgIpc) is 2.46. The van der Waals surface area contributed by atoms with E-state index in [1.54, 1.807) is 31.3 Å². The number of hydrogen-bond acceptors (Lipinski definition) is 4. The molecule has 23 heavy (non-hydrogen) atoms. The summed E-state index contributed by atoms with van der Waals surface area (Å²) >= 11 is 0. The van der Waals surface area contributed by atoms with Crippen molar-refractivity contribution in [2.45, 2.75) is 32.9 Å². The minimum atomic E-state index is -0.537. The predicted octanol–water partition coefficient (Wildman–Crippen LogP) is 1.86. The minimum Gasteiger partial charge on any atom is -0.456 e. The number of ether oxygens (including phenoxy) is 1. The lowest BCUT2D eigenvalue weighted by Gasteiger charge is -2.19. The van der Waals surface area contributed by atoms with E-state index in [1.807, 2.05) is 20.8 Å². The first kappa shape index (κ1) is 18.4. The van der Waals surface area contributed by atoms with Crippen molar-refractivity contribution < 1.29 is 19.1 Å². The van der Waals surface area contributed by atoms with Crippen molar-refractivity contribution in [1.29, 1.82) is 0 Å². The van der Waals surface area contributed by atoms with E-state index in [0.717, 1.165) is 5.56 Å². The van der Waals surface area contributed by atoms with Gasteiger partial charge < -0.3 is 15.0 Å². The molecule has 0 spiro atoms. The van der Waals surface area contributed by atoms with E-state index >= 15 is 0 Å². The molecule has 0 atom stereocenters. The smallest absolute Gasteiger partial charge is 0.338 e. The Morgan fingerprint density at radius 3 is 2.35 bits per heavy atom. The molecule has 124 valence electrons. The maximum absolute atomic E-state index is 11.9. The largest absolute Gasteiger partial charge is 0.456 e. The van der Waals surface area contributed by atoms with Gasteiger partial charge in [0.2, 0.25) is 12.3 Å². The van der Waals surface area contributed by atoms with E-state index in [0.29, 0.717) is 18.5 Å². The number of esters is 1. The molecule has 1 aromatic rings. The van der Waals surface area contributed by atoms with Gasteiger partial charge in [-0.15, -0.1) is 0 Å². The fraction of sp³-hybridized carbons (Fsp3) is 0.353. The fourth-order valence-electron chi connectivity index (χ4n) is 1.72. The molecule has 1 rings (SSSR count). The van der Waals surface area contributed by atoms with Gasteiger partial charge in [0, 0.05) is 25.9 Å². The normalized spacial score (nSPS) is 11.1. The van der Waals surface area contributed by atoms with Gasteiger partial charge in [-0.05, 0) is 38.5 Å². The van der Waals surface area contributed by atoms with Crippen molar-refractivity contribution in [3.8, 4) is 0 Å². The maximum Gasteiger partial charge on any atom is 0.338 e. The lowest BCUT2D eigenvalue weighted by Crippen LogP contribution is -2.25. The first-order valence-corrected chi connectivity index (χ1v) is 7.16. The van der Waals surface area contributed by atoms with Crippen LogP contribution in [-0.4, -0.2) is 35.8 Å². The Kier molecular flexibility index (Phi) is 6.50. The summed E-state index contributed by atoms with van der Waals surface area (Å²) in [6.07, 6.45) is 3.03. The number of amides is 2. The highest BCUT2D eigenvalue weighted by molar-refractivity contribution is 5.90. The van der Waals surface area contributed by atoms with Crippen molar-refractivity contribution in [2.75, 3.05) is 7.05 Å². The van der Waals surface area contributed by atoms with Gasteiger partial charge in [0.05, 0.1) is 5.56 Å². The topological polar surface area (TPSA) is 75.7 Å². The Balaban J connectivity index is 2.65. The van der Waals surface area contributed by atoms with Crippen LogP contribution in [0.5, 0.6) is 0 Å². The molecule has 0 radical (unpaired) electrons. The Bertz CT molecular complexity index is 586. The SMILES string of the molecule is CN(Cc1ccc(C(=O)OC(C)(C)C)cc1)C(=O)/C=C\NC=O. The monoisotopic (exact) mass is 318 g/mol. The van der Waals surface area contributed by atoms with Crippen molar-refractivity contribution >= 4 is 18.3 Å². The first-order chi connectivity index (χ1) is 10.7. The van der Waals surface area contributed by atoms with Crippen LogP contribution in [0.4, 0.5) is 0 Å². The van der Waals surface area contributed by atoms with Crippen LogP contribution >= 0.6 is 0 Å². The van der Waals surface area contributed by atoms with Crippen molar-refractivity contribution in [3.63, 3.8) is 0 Å². The van der Waals surface area contributed by atoms with Gasteiger partial charge in [-0.1, -0.05) is 12.1 Å². The Hall–Kier alpha value is -2.63. The summed E-state index contributed by atoms with van der Waals surface area (Å²) in [5.41, 5.74) is 0.808. The summed E-state index contributed by atoms with van der Waals surface area (Å²) in [6.45, 7) is 5.82. The highest BCUT2D eigenvalue weighted by Gasteiger charge is 2.17. The van der Waals surface area contributed by atoms with Crippen LogP contribution in [-0.2, 0) is 20.9 Å².